The summed E-state index contributed by atoms with van der Waals surface area (Å²) in [6.07, 6.45) is 0. The van der Waals surface area contributed by atoms with Crippen LogP contribution in [0.25, 0.3) is 20.8 Å². The van der Waals surface area contributed by atoms with Crippen LogP contribution in [0.1, 0.15) is 183 Å². The summed E-state index contributed by atoms with van der Waals surface area (Å²) < 4.78 is 180. The highest BCUT2D eigenvalue weighted by Crippen LogP contribution is 2.49. The highest BCUT2D eigenvalue weighted by atomic mass is 32.1. The van der Waals surface area contributed by atoms with Crippen molar-refractivity contribution in [2.45, 2.75) is 157 Å². The SMILES string of the molecule is [2H]c1c([2H])c(C(C)(C)C)c([2H])c([2H])c1-c1nc2c([2H])c3c(c([2H])c2s1)N(c1c([2H])c(C(C)(C)C)c([2H])c(C(C)(C)C)c1[2H])c1c([2H])c(C(C)(C)C)c([2H])c2c1B3c1c([2H])c(C(C)(C)C)c([2H])c([2H])c1N2c1c([2H])c([2H])c(C(C)(C)C)c([2H])c1[2H]. The first-order valence-electron chi connectivity index (χ1n) is 31.8. The lowest BCUT2D eigenvalue weighted by atomic mass is 9.33. The van der Waals surface area contributed by atoms with E-state index in [0.717, 1.165) is 11.3 Å². The minimum absolute atomic E-state index is 0.0190. The molecule has 0 unspecified atom stereocenters. The Morgan fingerprint density at radius 1 is 0.409 bits per heavy atom. The quantitative estimate of drug-likeness (QED) is 0.165. The van der Waals surface area contributed by atoms with Crippen LogP contribution in [0.4, 0.5) is 34.1 Å². The Morgan fingerprint density at radius 3 is 1.35 bits per heavy atom. The van der Waals surface area contributed by atoms with Gasteiger partial charge in [0.2, 0.25) is 0 Å². The Kier molecular flexibility index (Phi) is 6.66. The third-order valence-electron chi connectivity index (χ3n) is 12.1. The molecule has 2 aliphatic heterocycles. The van der Waals surface area contributed by atoms with E-state index in [1.807, 2.05) is 41.5 Å². The molecule has 5 heteroatoms. The topological polar surface area (TPSA) is 19.4 Å². The maximum atomic E-state index is 10.7. The summed E-state index contributed by atoms with van der Waals surface area (Å²) in [6, 6.07) is -6.73. The fraction of sp³-hybridized carbons (Fsp3) is 0.393. The maximum Gasteiger partial charge on any atom is 0.252 e. The molecule has 7 aromatic rings. The molecule has 340 valence electrons. The van der Waals surface area contributed by atoms with E-state index in [1.165, 1.54) is 9.80 Å². The van der Waals surface area contributed by atoms with E-state index in [0.29, 0.717) is 0 Å². The van der Waals surface area contributed by atoms with Crippen molar-refractivity contribution in [1.82, 2.24) is 4.98 Å². The molecule has 3 nitrogen and oxygen atoms in total. The summed E-state index contributed by atoms with van der Waals surface area (Å²) in [5.74, 6) is 0. The second-order valence-electron chi connectivity index (χ2n) is 24.0. The van der Waals surface area contributed by atoms with Gasteiger partial charge < -0.3 is 9.80 Å². The van der Waals surface area contributed by atoms with Gasteiger partial charge in [-0.3, -0.25) is 0 Å². The van der Waals surface area contributed by atoms with Crippen molar-refractivity contribution < 1.29 is 24.7 Å². The highest BCUT2D eigenvalue weighted by molar-refractivity contribution is 7.21. The summed E-state index contributed by atoms with van der Waals surface area (Å²) in [5, 5.41) is -0.0621. The number of benzene rings is 6. The van der Waals surface area contributed by atoms with Gasteiger partial charge in [-0.05, 0) is 137 Å². The fourth-order valence-corrected chi connectivity index (χ4v) is 8.92. The molecular weight excluding hydrogens is 818 g/mol. The molecule has 9 rings (SSSR count). The summed E-state index contributed by atoms with van der Waals surface area (Å²) in [6.45, 7) is 30.7. The molecule has 0 saturated carbocycles. The molecule has 0 atom stereocenters. The first kappa shape index (κ1) is 28.9. The smallest absolute Gasteiger partial charge is 0.252 e. The molecule has 0 spiro atoms. The lowest BCUT2D eigenvalue weighted by Gasteiger charge is -2.45. The number of fused-ring (bicyclic) bond motifs is 5. The van der Waals surface area contributed by atoms with Crippen LogP contribution in [0, 0.1) is 0 Å². The summed E-state index contributed by atoms with van der Waals surface area (Å²) in [4.78, 5) is 7.59. The lowest BCUT2D eigenvalue weighted by Crippen LogP contribution is -2.61. The van der Waals surface area contributed by atoms with Gasteiger partial charge in [0.05, 0.1) is 34.9 Å². The van der Waals surface area contributed by atoms with Crippen molar-refractivity contribution in [3.8, 4) is 10.6 Å². The van der Waals surface area contributed by atoms with E-state index >= 15 is 0 Å². The van der Waals surface area contributed by atoms with Crippen molar-refractivity contribution in [3.05, 3.63) is 142 Å². The van der Waals surface area contributed by atoms with E-state index in [9.17, 15) is 21.9 Å². The largest absolute Gasteiger partial charge is 0.311 e. The number of thiazole rings is 1. The number of anilines is 6. The number of nitrogens with zero attached hydrogens (tertiary/aromatic N) is 3. The van der Waals surface area contributed by atoms with Crippen molar-refractivity contribution in [2.75, 3.05) is 9.80 Å². The minimum Gasteiger partial charge on any atom is -0.311 e. The molecule has 0 fully saturated rings. The van der Waals surface area contributed by atoms with Gasteiger partial charge in [0.15, 0.2) is 0 Å². The second-order valence-corrected chi connectivity index (χ2v) is 25.0. The summed E-state index contributed by atoms with van der Waals surface area (Å²) in [7, 11) is 0. The Balaban J connectivity index is 1.65. The van der Waals surface area contributed by atoms with Crippen LogP contribution in [0.2, 0.25) is 0 Å². The molecule has 0 bridgehead atoms. The van der Waals surface area contributed by atoms with Crippen molar-refractivity contribution in [3.63, 3.8) is 0 Å². The number of aromatic nitrogens is 1. The monoisotopic (exact) mass is 908 g/mol. The Hall–Kier alpha value is -5.13. The van der Waals surface area contributed by atoms with Crippen LogP contribution in [0.15, 0.2) is 109 Å². The number of hydrogen-bond donors (Lipinski definition) is 0. The standard InChI is InChI=1S/C61H72BN3S/c1-56(2,3)38-21-19-37(20-22-38)55-63-48-35-47-50(36-53(48)66-55)65(45-30-41(59(10,11)12)29-42(31-45)60(13,14)15)52-34-43(61(16,17)18)33-51-54(52)62(47)46-32-40(58(7,8)9)25-28-49(46)64(51)44-26-23-39(24-27-44)57(4,5)6/h19-36H,1-18H3/i19D,20D,21D,22D,23D,24D,25D,26D,27D,28D,29D,30D,31D,32D,33D,34D,35D,36D. The average molecular weight is 908 g/mol. The number of rotatable bonds is 3. The van der Waals surface area contributed by atoms with Crippen LogP contribution in [0.5, 0.6) is 0 Å². The van der Waals surface area contributed by atoms with Gasteiger partial charge in [-0.25, -0.2) is 4.98 Å². The minimum atomic E-state index is -1.55. The van der Waals surface area contributed by atoms with E-state index in [4.69, 9.17) is 7.73 Å². The predicted octanol–water partition coefficient (Wildman–Crippen LogP) is 15.8. The molecule has 0 N–H and O–H groups in total. The van der Waals surface area contributed by atoms with Gasteiger partial charge in [0.1, 0.15) is 5.01 Å². The van der Waals surface area contributed by atoms with Crippen molar-refractivity contribution in [1.29, 1.82) is 0 Å². The molecule has 0 amide bonds. The molecule has 0 saturated heterocycles. The molecule has 66 heavy (non-hydrogen) atoms. The zero-order valence-electron chi connectivity index (χ0n) is 59.8. The molecule has 3 heterocycles. The maximum absolute atomic E-state index is 10.7. The Bertz CT molecular complexity index is 3990. The van der Waals surface area contributed by atoms with E-state index in [1.54, 1.807) is 83.1 Å². The first-order chi connectivity index (χ1) is 38.1. The first-order valence-corrected chi connectivity index (χ1v) is 23.6. The van der Waals surface area contributed by atoms with Gasteiger partial charge in [0.25, 0.3) is 6.71 Å². The Labute approximate surface area is 427 Å². The zero-order chi connectivity index (χ0) is 63.5. The van der Waals surface area contributed by atoms with Crippen LogP contribution in [-0.2, 0) is 32.5 Å². The van der Waals surface area contributed by atoms with Gasteiger partial charge in [-0.2, -0.15) is 0 Å². The predicted molar refractivity (Wildman–Crippen MR) is 291 cm³/mol. The number of hydrogen-bond acceptors (Lipinski definition) is 4. The third-order valence-corrected chi connectivity index (χ3v) is 13.1. The van der Waals surface area contributed by atoms with Crippen molar-refractivity contribution >= 4 is 78.8 Å². The van der Waals surface area contributed by atoms with E-state index < -0.39 is 99.3 Å². The van der Waals surface area contributed by atoms with Gasteiger partial charge in [-0.15, -0.1) is 11.3 Å². The summed E-state index contributed by atoms with van der Waals surface area (Å²) >= 11 is 0.843. The normalized spacial score (nSPS) is 18.2. The zero-order valence-corrected chi connectivity index (χ0v) is 42.6. The highest BCUT2D eigenvalue weighted by Gasteiger charge is 2.45. The van der Waals surface area contributed by atoms with Gasteiger partial charge in [-0.1, -0.05) is 179 Å². The van der Waals surface area contributed by atoms with Gasteiger partial charge >= 0.3 is 0 Å². The molecular formula is C61H72BN3S. The van der Waals surface area contributed by atoms with Crippen LogP contribution >= 0.6 is 11.3 Å². The molecule has 1 aromatic heterocycles. The van der Waals surface area contributed by atoms with Crippen LogP contribution in [-0.4, -0.2) is 11.7 Å². The van der Waals surface area contributed by atoms with Crippen molar-refractivity contribution in [2.24, 2.45) is 0 Å². The van der Waals surface area contributed by atoms with Crippen LogP contribution < -0.4 is 26.2 Å². The third kappa shape index (κ3) is 8.12. The average Bonchev–Trinajstić information content (AvgIpc) is 0.792. The van der Waals surface area contributed by atoms with Crippen LogP contribution in [0.3, 0.4) is 0 Å². The van der Waals surface area contributed by atoms with E-state index in [2.05, 4.69) is 0 Å². The molecule has 2 aliphatic rings. The lowest BCUT2D eigenvalue weighted by molar-refractivity contribution is 0.568. The van der Waals surface area contributed by atoms with Gasteiger partial charge in [0, 0.05) is 39.7 Å². The second kappa shape index (κ2) is 15.2. The fourth-order valence-electron chi connectivity index (χ4n) is 8.04. The Morgan fingerprint density at radius 2 is 0.848 bits per heavy atom. The molecule has 0 aliphatic carbocycles. The molecule has 6 aromatic carbocycles. The van der Waals surface area contributed by atoms with E-state index in [-0.39, 0.29) is 153 Å². The molecule has 0 radical (unpaired) electrons. The summed E-state index contributed by atoms with van der Waals surface area (Å²) in [5.41, 5.74) is -6.84.